The molecule has 0 spiro atoms. The molecule has 4 rings (SSSR count). The van der Waals surface area contributed by atoms with Gasteiger partial charge in [-0.2, -0.15) is 0 Å². The van der Waals surface area contributed by atoms with Crippen molar-refractivity contribution in [1.82, 2.24) is 0 Å². The number of carbonyl (C=O) groups is 1. The molecule has 4 heteroatoms. The minimum atomic E-state index is -0.930. The van der Waals surface area contributed by atoms with Gasteiger partial charge < -0.3 is 5.11 Å². The molecule has 0 bridgehead atoms. The number of carbonyl (C=O) groups excluding carboxylic acids is 1. The van der Waals surface area contributed by atoms with Gasteiger partial charge in [-0.05, 0) is 85.6 Å². The van der Waals surface area contributed by atoms with Crippen molar-refractivity contribution in [3.63, 3.8) is 0 Å². The van der Waals surface area contributed by atoms with E-state index < -0.39 is 5.60 Å². The monoisotopic (exact) mass is 438 g/mol. The molecule has 1 N–H and O–H groups in total. The molecule has 0 saturated heterocycles. The van der Waals surface area contributed by atoms with Crippen molar-refractivity contribution < 1.29 is 9.90 Å². The molecule has 7 atom stereocenters. The number of allylic oxidation sites excluding steroid dienone is 1. The molecule has 3 fully saturated rings. The maximum Gasteiger partial charge on any atom is 0.147 e. The fourth-order valence-corrected chi connectivity index (χ4v) is 7.68. The second-order valence-electron chi connectivity index (χ2n) is 9.30. The first-order valence-corrected chi connectivity index (χ1v) is 11.5. The second kappa shape index (κ2) is 6.94. The van der Waals surface area contributed by atoms with Gasteiger partial charge in [-0.25, -0.2) is 0 Å². The molecule has 0 amide bonds. The molecule has 3 saturated carbocycles. The maximum atomic E-state index is 12.5. The largest absolute Gasteiger partial charge is 0.377 e. The lowest BCUT2D eigenvalue weighted by atomic mass is 9.51. The molecule has 2 nitrogen and oxygen atoms in total. The summed E-state index contributed by atoms with van der Waals surface area (Å²) in [5.41, 5.74) is 0.673. The van der Waals surface area contributed by atoms with Crippen molar-refractivity contribution in [2.75, 3.05) is 5.33 Å². The minimum Gasteiger partial charge on any atom is -0.377 e. The number of rotatable bonds is 2. The van der Waals surface area contributed by atoms with Crippen LogP contribution in [0.5, 0.6) is 0 Å². The molecule has 0 aliphatic heterocycles. The van der Waals surface area contributed by atoms with Crippen LogP contribution in [-0.4, -0.2) is 21.8 Å². The Kier molecular flexibility index (Phi) is 5.08. The zero-order valence-electron chi connectivity index (χ0n) is 15.4. The van der Waals surface area contributed by atoms with Crippen LogP contribution in [0.2, 0.25) is 0 Å². The van der Waals surface area contributed by atoms with Crippen LogP contribution >= 0.6 is 27.5 Å². The lowest BCUT2D eigenvalue weighted by Gasteiger charge is -2.54. The SMILES string of the molecule is C[C@]12CC[C@H]3[C@@H](CC=C4C[C@@](O)(C#CCl)CC[C@@H]43)[C@@H]1CC[C@@H]2C(=O)CBr. The highest BCUT2D eigenvalue weighted by atomic mass is 79.9. The Labute approximate surface area is 170 Å². The third-order valence-corrected chi connectivity index (χ3v) is 8.95. The maximum absolute atomic E-state index is 12.5. The normalized spacial score (nSPS) is 46.9. The molecule has 142 valence electrons. The van der Waals surface area contributed by atoms with Crippen LogP contribution in [0.15, 0.2) is 11.6 Å². The number of halogens is 2. The molecule has 4 aliphatic carbocycles. The van der Waals surface area contributed by atoms with Gasteiger partial charge in [0.25, 0.3) is 0 Å². The average Bonchev–Trinajstić information content (AvgIpc) is 2.98. The van der Waals surface area contributed by atoms with E-state index in [2.05, 4.69) is 40.2 Å². The summed E-state index contributed by atoms with van der Waals surface area (Å²) in [6.07, 6.45) is 10.6. The highest BCUT2D eigenvalue weighted by molar-refractivity contribution is 9.09. The van der Waals surface area contributed by atoms with Crippen molar-refractivity contribution in [3.8, 4) is 11.3 Å². The molecule has 0 aromatic heterocycles. The summed E-state index contributed by atoms with van der Waals surface area (Å²) >= 11 is 8.97. The van der Waals surface area contributed by atoms with Crippen molar-refractivity contribution >= 4 is 33.3 Å². The molecule has 0 unspecified atom stereocenters. The quantitative estimate of drug-likeness (QED) is 0.370. The van der Waals surface area contributed by atoms with E-state index in [1.165, 1.54) is 24.8 Å². The summed E-state index contributed by atoms with van der Waals surface area (Å²) in [6, 6.07) is 0. The summed E-state index contributed by atoms with van der Waals surface area (Å²) in [6.45, 7) is 2.39. The van der Waals surface area contributed by atoms with Crippen LogP contribution in [0.3, 0.4) is 0 Å². The number of ketones is 1. The first kappa shape index (κ1) is 19.0. The Balaban J connectivity index is 1.57. The summed E-state index contributed by atoms with van der Waals surface area (Å²) in [5, 5.41) is 13.6. The number of Topliss-reactive ketones (excluding diaryl/α,β-unsaturated/α-hetero) is 1. The van der Waals surface area contributed by atoms with E-state index in [9.17, 15) is 9.90 Å². The van der Waals surface area contributed by atoms with Crippen LogP contribution in [0.25, 0.3) is 0 Å². The van der Waals surface area contributed by atoms with Gasteiger partial charge in [-0.1, -0.05) is 40.4 Å². The molecule has 0 radical (unpaired) electrons. The van der Waals surface area contributed by atoms with E-state index in [0.29, 0.717) is 35.3 Å². The lowest BCUT2D eigenvalue weighted by Crippen LogP contribution is -2.48. The van der Waals surface area contributed by atoms with E-state index in [4.69, 9.17) is 11.6 Å². The van der Waals surface area contributed by atoms with Gasteiger partial charge in [-0.15, -0.1) is 0 Å². The number of aliphatic hydroxyl groups is 1. The van der Waals surface area contributed by atoms with Crippen LogP contribution < -0.4 is 0 Å². The second-order valence-corrected chi connectivity index (χ2v) is 10.0. The Morgan fingerprint density at radius 2 is 2.12 bits per heavy atom. The van der Waals surface area contributed by atoms with Gasteiger partial charge in [0, 0.05) is 17.7 Å². The number of hydrogen-bond acceptors (Lipinski definition) is 2. The molecule has 0 aromatic rings. The molecular weight excluding hydrogens is 412 g/mol. The topological polar surface area (TPSA) is 37.3 Å². The van der Waals surface area contributed by atoms with E-state index >= 15 is 0 Å². The van der Waals surface area contributed by atoms with Gasteiger partial charge >= 0.3 is 0 Å². The van der Waals surface area contributed by atoms with E-state index in [0.717, 1.165) is 31.6 Å². The van der Waals surface area contributed by atoms with Gasteiger partial charge in [-0.3, -0.25) is 4.79 Å². The average molecular weight is 440 g/mol. The summed E-state index contributed by atoms with van der Waals surface area (Å²) in [5.74, 6) is 6.18. The fraction of sp³-hybridized carbons (Fsp3) is 0.773. The van der Waals surface area contributed by atoms with Crippen LogP contribution in [-0.2, 0) is 4.79 Å². The van der Waals surface area contributed by atoms with Gasteiger partial charge in [0.15, 0.2) is 0 Å². The van der Waals surface area contributed by atoms with Gasteiger partial charge in [0.2, 0.25) is 0 Å². The standard InChI is InChI=1S/C22H28BrClO2/c1-21-8-6-16-15-7-9-22(26,10-11-24)12-14(15)2-3-17(16)18(21)4-5-19(21)20(25)13-23/h2,15-19,26H,3-9,12-13H2,1H3/t15-,16+,17+,18-,19+,21-,22-/m0/s1. The molecule has 26 heavy (non-hydrogen) atoms. The highest BCUT2D eigenvalue weighted by Crippen LogP contribution is 2.63. The molecular formula is C22H28BrClO2. The van der Waals surface area contributed by atoms with Crippen molar-refractivity contribution in [1.29, 1.82) is 0 Å². The van der Waals surface area contributed by atoms with E-state index in [1.807, 2.05) is 0 Å². The summed E-state index contributed by atoms with van der Waals surface area (Å²) < 4.78 is 0. The van der Waals surface area contributed by atoms with Crippen LogP contribution in [0.4, 0.5) is 0 Å². The van der Waals surface area contributed by atoms with E-state index in [1.54, 1.807) is 0 Å². The Bertz CT molecular complexity index is 692. The van der Waals surface area contributed by atoms with Crippen molar-refractivity contribution in [2.45, 2.75) is 63.9 Å². The number of hydrogen-bond donors (Lipinski definition) is 1. The van der Waals surface area contributed by atoms with Crippen molar-refractivity contribution in [3.05, 3.63) is 11.6 Å². The zero-order chi connectivity index (χ0) is 18.5. The molecule has 4 aliphatic rings. The van der Waals surface area contributed by atoms with Crippen LogP contribution in [0.1, 0.15) is 58.3 Å². The Morgan fingerprint density at radius 1 is 1.31 bits per heavy atom. The lowest BCUT2D eigenvalue weighted by molar-refractivity contribution is -0.126. The first-order valence-electron chi connectivity index (χ1n) is 10.0. The fourth-order valence-electron chi connectivity index (χ4n) is 7.11. The molecule has 0 heterocycles. The Hall–Kier alpha value is -0.300. The first-order chi connectivity index (χ1) is 12.4. The Morgan fingerprint density at radius 3 is 2.85 bits per heavy atom. The predicted octanol–water partition coefficient (Wildman–Crippen LogP) is 5.07. The predicted molar refractivity (Wildman–Crippen MR) is 108 cm³/mol. The smallest absolute Gasteiger partial charge is 0.147 e. The number of alkyl halides is 1. The van der Waals surface area contributed by atoms with Gasteiger partial charge in [0.1, 0.15) is 11.4 Å². The van der Waals surface area contributed by atoms with Crippen LogP contribution in [0, 0.1) is 46.3 Å². The summed E-state index contributed by atoms with van der Waals surface area (Å²) in [4.78, 5) is 12.5. The zero-order valence-corrected chi connectivity index (χ0v) is 17.8. The third kappa shape index (κ3) is 2.92. The minimum absolute atomic E-state index is 0.191. The third-order valence-electron chi connectivity index (χ3n) is 8.30. The van der Waals surface area contributed by atoms with Crippen molar-refractivity contribution in [2.24, 2.45) is 35.0 Å². The van der Waals surface area contributed by atoms with E-state index in [-0.39, 0.29) is 11.3 Å². The highest BCUT2D eigenvalue weighted by Gasteiger charge is 2.57. The molecule has 0 aromatic carbocycles. The number of fused-ring (bicyclic) bond motifs is 5. The van der Waals surface area contributed by atoms with Gasteiger partial charge in [0.05, 0.1) is 5.33 Å². The summed E-state index contributed by atoms with van der Waals surface area (Å²) in [7, 11) is 0.